The summed E-state index contributed by atoms with van der Waals surface area (Å²) in [5.74, 6) is 0.583. The Balaban J connectivity index is 2.20. The van der Waals surface area contributed by atoms with E-state index in [4.69, 9.17) is 9.47 Å². The van der Waals surface area contributed by atoms with Crippen molar-refractivity contribution in [2.75, 3.05) is 12.4 Å². The van der Waals surface area contributed by atoms with Gasteiger partial charge in [-0.15, -0.1) is 0 Å². The molecular formula is C17H18N2O5. The number of hydrogen-bond acceptors (Lipinski definition) is 5. The van der Waals surface area contributed by atoms with Gasteiger partial charge in [-0.25, -0.2) is 0 Å². The van der Waals surface area contributed by atoms with Crippen LogP contribution >= 0.6 is 0 Å². The smallest absolute Gasteiger partial charge is 0.271 e. The molecule has 7 nitrogen and oxygen atoms in total. The third-order valence-electron chi connectivity index (χ3n) is 3.10. The van der Waals surface area contributed by atoms with Gasteiger partial charge in [0.1, 0.15) is 0 Å². The van der Waals surface area contributed by atoms with Crippen molar-refractivity contribution in [3.05, 3.63) is 58.1 Å². The Morgan fingerprint density at radius 2 is 1.92 bits per heavy atom. The average molecular weight is 330 g/mol. The van der Waals surface area contributed by atoms with Crippen molar-refractivity contribution >= 4 is 17.3 Å². The highest BCUT2D eigenvalue weighted by atomic mass is 16.6. The van der Waals surface area contributed by atoms with Crippen LogP contribution in [0.25, 0.3) is 0 Å². The second kappa shape index (κ2) is 7.45. The molecule has 1 amide bonds. The summed E-state index contributed by atoms with van der Waals surface area (Å²) < 4.78 is 10.8. The number of ether oxygens (including phenoxy) is 2. The Bertz CT molecular complexity index is 758. The zero-order chi connectivity index (χ0) is 17.7. The van der Waals surface area contributed by atoms with E-state index >= 15 is 0 Å². The Morgan fingerprint density at radius 3 is 2.54 bits per heavy atom. The lowest BCUT2D eigenvalue weighted by molar-refractivity contribution is -0.384. The number of methoxy groups -OCH3 is 1. The molecule has 0 aromatic heterocycles. The fourth-order valence-corrected chi connectivity index (χ4v) is 2.06. The van der Waals surface area contributed by atoms with Crippen molar-refractivity contribution in [1.82, 2.24) is 0 Å². The van der Waals surface area contributed by atoms with Gasteiger partial charge >= 0.3 is 0 Å². The normalized spacial score (nSPS) is 10.3. The molecule has 2 aromatic carbocycles. The highest BCUT2D eigenvalue weighted by Crippen LogP contribution is 2.29. The summed E-state index contributed by atoms with van der Waals surface area (Å²) in [6.07, 6.45) is -0.0246. The van der Waals surface area contributed by atoms with Crippen LogP contribution in [0.15, 0.2) is 42.5 Å². The van der Waals surface area contributed by atoms with Gasteiger partial charge in [0.25, 0.3) is 11.6 Å². The molecule has 7 heteroatoms. The molecule has 0 saturated heterocycles. The van der Waals surface area contributed by atoms with Crippen LogP contribution in [0.2, 0.25) is 0 Å². The van der Waals surface area contributed by atoms with Crippen LogP contribution in [-0.2, 0) is 0 Å². The van der Waals surface area contributed by atoms with Gasteiger partial charge in [-0.2, -0.15) is 0 Å². The molecule has 0 aliphatic rings. The van der Waals surface area contributed by atoms with Crippen LogP contribution in [0, 0.1) is 10.1 Å². The number of rotatable bonds is 6. The number of nitro benzene ring substituents is 1. The van der Waals surface area contributed by atoms with Gasteiger partial charge in [-0.1, -0.05) is 6.07 Å². The van der Waals surface area contributed by atoms with E-state index in [-0.39, 0.29) is 11.8 Å². The van der Waals surface area contributed by atoms with Crippen molar-refractivity contribution in [1.29, 1.82) is 0 Å². The van der Waals surface area contributed by atoms with Crippen LogP contribution in [0.5, 0.6) is 11.5 Å². The fraction of sp³-hybridized carbons (Fsp3) is 0.235. The summed E-state index contributed by atoms with van der Waals surface area (Å²) in [6.45, 7) is 3.78. The number of anilines is 1. The van der Waals surface area contributed by atoms with Gasteiger partial charge in [-0.3, -0.25) is 14.9 Å². The summed E-state index contributed by atoms with van der Waals surface area (Å²) in [5.41, 5.74) is 0.608. The standard InChI is InChI=1S/C17H18N2O5/c1-11(2)24-15-8-7-12(9-16(15)23-3)17(20)18-13-5-4-6-14(10-13)19(21)22/h4-11H,1-3H3,(H,18,20). The summed E-state index contributed by atoms with van der Waals surface area (Å²) in [5, 5.41) is 13.4. The molecule has 126 valence electrons. The van der Waals surface area contributed by atoms with Crippen molar-refractivity contribution in [3.63, 3.8) is 0 Å². The maximum absolute atomic E-state index is 12.3. The molecular weight excluding hydrogens is 312 g/mol. The van der Waals surface area contributed by atoms with E-state index in [1.807, 2.05) is 13.8 Å². The molecule has 0 heterocycles. The first-order valence-corrected chi connectivity index (χ1v) is 7.31. The highest BCUT2D eigenvalue weighted by molar-refractivity contribution is 6.04. The molecule has 0 bridgehead atoms. The number of nitrogens with one attached hydrogen (secondary N) is 1. The average Bonchev–Trinajstić information content (AvgIpc) is 2.54. The lowest BCUT2D eigenvalue weighted by Gasteiger charge is -2.14. The minimum atomic E-state index is -0.517. The van der Waals surface area contributed by atoms with E-state index in [1.54, 1.807) is 24.3 Å². The predicted molar refractivity (Wildman–Crippen MR) is 89.8 cm³/mol. The van der Waals surface area contributed by atoms with E-state index in [9.17, 15) is 14.9 Å². The molecule has 0 unspecified atom stereocenters. The van der Waals surface area contributed by atoms with Gasteiger partial charge in [0.05, 0.1) is 18.1 Å². The van der Waals surface area contributed by atoms with E-state index in [0.717, 1.165) is 0 Å². The number of nitro groups is 1. The lowest BCUT2D eigenvalue weighted by Crippen LogP contribution is -2.13. The Morgan fingerprint density at radius 1 is 1.17 bits per heavy atom. The highest BCUT2D eigenvalue weighted by Gasteiger charge is 2.13. The van der Waals surface area contributed by atoms with Crippen molar-refractivity contribution < 1.29 is 19.2 Å². The van der Waals surface area contributed by atoms with Crippen LogP contribution < -0.4 is 14.8 Å². The summed E-state index contributed by atoms with van der Waals surface area (Å²) in [7, 11) is 1.49. The van der Waals surface area contributed by atoms with Gasteiger partial charge in [-0.05, 0) is 38.1 Å². The van der Waals surface area contributed by atoms with E-state index in [1.165, 1.54) is 25.3 Å². The lowest BCUT2D eigenvalue weighted by atomic mass is 10.1. The number of nitrogens with zero attached hydrogens (tertiary/aromatic N) is 1. The molecule has 24 heavy (non-hydrogen) atoms. The third-order valence-corrected chi connectivity index (χ3v) is 3.10. The predicted octanol–water partition coefficient (Wildman–Crippen LogP) is 3.64. The van der Waals surface area contributed by atoms with E-state index < -0.39 is 10.8 Å². The molecule has 2 aromatic rings. The Kier molecular flexibility index (Phi) is 5.36. The van der Waals surface area contributed by atoms with Crippen molar-refractivity contribution in [2.24, 2.45) is 0 Å². The summed E-state index contributed by atoms with van der Waals surface area (Å²) >= 11 is 0. The number of carbonyl (C=O) groups is 1. The second-order valence-corrected chi connectivity index (χ2v) is 5.29. The molecule has 1 N–H and O–H groups in total. The fourth-order valence-electron chi connectivity index (χ4n) is 2.06. The summed E-state index contributed by atoms with van der Waals surface area (Å²) in [4.78, 5) is 22.6. The SMILES string of the molecule is COc1cc(C(=O)Nc2cccc([N+](=O)[O-])c2)ccc1OC(C)C. The van der Waals surface area contributed by atoms with Crippen LogP contribution in [0.4, 0.5) is 11.4 Å². The third kappa shape index (κ3) is 4.22. The Hall–Kier alpha value is -3.09. The molecule has 0 aliphatic carbocycles. The van der Waals surface area contributed by atoms with Crippen LogP contribution in [0.3, 0.4) is 0 Å². The molecule has 0 radical (unpaired) electrons. The Labute approximate surface area is 139 Å². The number of benzene rings is 2. The molecule has 2 rings (SSSR count). The van der Waals surface area contributed by atoms with E-state index in [2.05, 4.69) is 5.32 Å². The van der Waals surface area contributed by atoms with Crippen LogP contribution in [-0.4, -0.2) is 24.0 Å². The number of hydrogen-bond donors (Lipinski definition) is 1. The first-order chi connectivity index (χ1) is 11.4. The quantitative estimate of drug-likeness (QED) is 0.645. The largest absolute Gasteiger partial charge is 0.493 e. The number of carbonyl (C=O) groups excluding carboxylic acids is 1. The maximum Gasteiger partial charge on any atom is 0.271 e. The molecule has 0 spiro atoms. The van der Waals surface area contributed by atoms with Crippen LogP contribution in [0.1, 0.15) is 24.2 Å². The molecule has 0 saturated carbocycles. The number of amides is 1. The molecule has 0 aliphatic heterocycles. The monoisotopic (exact) mass is 330 g/mol. The maximum atomic E-state index is 12.3. The van der Waals surface area contributed by atoms with Gasteiger partial charge < -0.3 is 14.8 Å². The minimum Gasteiger partial charge on any atom is -0.493 e. The minimum absolute atomic E-state index is 0.0246. The second-order valence-electron chi connectivity index (χ2n) is 5.29. The van der Waals surface area contributed by atoms with Gasteiger partial charge in [0, 0.05) is 23.4 Å². The first kappa shape index (κ1) is 17.3. The molecule has 0 atom stereocenters. The zero-order valence-corrected chi connectivity index (χ0v) is 13.6. The number of non-ortho nitro benzene ring substituents is 1. The van der Waals surface area contributed by atoms with Crippen molar-refractivity contribution in [3.8, 4) is 11.5 Å². The zero-order valence-electron chi connectivity index (χ0n) is 13.6. The van der Waals surface area contributed by atoms with Gasteiger partial charge in [0.2, 0.25) is 0 Å². The molecule has 0 fully saturated rings. The first-order valence-electron chi connectivity index (χ1n) is 7.31. The van der Waals surface area contributed by atoms with E-state index in [0.29, 0.717) is 22.7 Å². The summed E-state index contributed by atoms with van der Waals surface area (Å²) in [6, 6.07) is 10.6. The topological polar surface area (TPSA) is 90.7 Å². The van der Waals surface area contributed by atoms with Crippen molar-refractivity contribution in [2.45, 2.75) is 20.0 Å². The van der Waals surface area contributed by atoms with Gasteiger partial charge in [0.15, 0.2) is 11.5 Å².